The number of rotatable bonds is 7. The molecule has 1 N–H and O–H groups in total. The van der Waals surface area contributed by atoms with Crippen molar-refractivity contribution in [3.05, 3.63) is 83.1 Å². The van der Waals surface area contributed by atoms with Crippen LogP contribution in [0.3, 0.4) is 0 Å². The van der Waals surface area contributed by atoms with Crippen molar-refractivity contribution >= 4 is 28.8 Å². The van der Waals surface area contributed by atoms with E-state index in [1.165, 1.54) is 4.90 Å². The number of methoxy groups -OCH3 is 3. The first-order valence-electron chi connectivity index (χ1n) is 10.7. The standard InChI is InChI=1S/C27H26N2O5/c1-16-6-11-23(17(2)12-16)24-25(28-18-13-21(33-4)15-22(14-18)34-5)27(31)29(26(24)30)19-7-9-20(32-3)10-8-19/h6-15,28H,1-5H3. The number of aryl methyl sites for hydroxylation is 2. The van der Waals surface area contributed by atoms with Crippen LogP contribution in [0, 0.1) is 13.8 Å². The molecule has 34 heavy (non-hydrogen) atoms. The van der Waals surface area contributed by atoms with Gasteiger partial charge in [0.25, 0.3) is 11.8 Å². The van der Waals surface area contributed by atoms with Gasteiger partial charge in [-0.2, -0.15) is 0 Å². The SMILES string of the molecule is COc1ccc(N2C(=O)C(Nc3cc(OC)cc(OC)c3)=C(c3ccc(C)cc3C)C2=O)cc1. The average molecular weight is 459 g/mol. The number of carbonyl (C=O) groups is 2. The maximum atomic E-state index is 13.7. The molecule has 0 aromatic heterocycles. The number of hydrogen-bond donors (Lipinski definition) is 1. The van der Waals surface area contributed by atoms with Crippen LogP contribution in [0.15, 0.2) is 66.4 Å². The van der Waals surface area contributed by atoms with Crippen LogP contribution >= 0.6 is 0 Å². The van der Waals surface area contributed by atoms with Gasteiger partial charge in [0.1, 0.15) is 22.9 Å². The predicted octanol–water partition coefficient (Wildman–Crippen LogP) is 4.73. The number of benzene rings is 3. The average Bonchev–Trinajstić information content (AvgIpc) is 3.08. The lowest BCUT2D eigenvalue weighted by atomic mass is 9.97. The van der Waals surface area contributed by atoms with Crippen LogP contribution in [0.2, 0.25) is 0 Å². The summed E-state index contributed by atoms with van der Waals surface area (Å²) in [6.45, 7) is 3.91. The summed E-state index contributed by atoms with van der Waals surface area (Å²) < 4.78 is 15.9. The zero-order valence-corrected chi connectivity index (χ0v) is 19.8. The molecule has 7 nitrogen and oxygen atoms in total. The van der Waals surface area contributed by atoms with E-state index < -0.39 is 11.8 Å². The third-order valence-corrected chi connectivity index (χ3v) is 5.69. The quantitative estimate of drug-likeness (QED) is 0.516. The smallest absolute Gasteiger partial charge is 0.282 e. The predicted molar refractivity (Wildman–Crippen MR) is 131 cm³/mol. The summed E-state index contributed by atoms with van der Waals surface area (Å²) in [6.07, 6.45) is 0. The highest BCUT2D eigenvalue weighted by atomic mass is 16.5. The first kappa shape index (κ1) is 22.9. The Kier molecular flexibility index (Phi) is 6.27. The number of amides is 2. The van der Waals surface area contributed by atoms with E-state index in [9.17, 15) is 9.59 Å². The number of nitrogens with zero attached hydrogens (tertiary/aromatic N) is 1. The lowest BCUT2D eigenvalue weighted by Crippen LogP contribution is -2.32. The second-order valence-corrected chi connectivity index (χ2v) is 7.94. The summed E-state index contributed by atoms with van der Waals surface area (Å²) in [7, 11) is 4.66. The molecule has 2 amide bonds. The molecule has 1 heterocycles. The molecule has 0 bridgehead atoms. The third kappa shape index (κ3) is 4.20. The second-order valence-electron chi connectivity index (χ2n) is 7.94. The van der Waals surface area contributed by atoms with Crippen LogP contribution < -0.4 is 24.4 Å². The van der Waals surface area contributed by atoms with Gasteiger partial charge in [0.05, 0.1) is 32.6 Å². The van der Waals surface area contributed by atoms with Crippen molar-refractivity contribution in [1.29, 1.82) is 0 Å². The molecule has 1 aliphatic rings. The van der Waals surface area contributed by atoms with E-state index >= 15 is 0 Å². The molecule has 0 saturated heterocycles. The van der Waals surface area contributed by atoms with Gasteiger partial charge in [0.2, 0.25) is 0 Å². The highest BCUT2D eigenvalue weighted by Crippen LogP contribution is 2.37. The van der Waals surface area contributed by atoms with Gasteiger partial charge in [0, 0.05) is 23.9 Å². The Labute approximate surface area is 198 Å². The van der Waals surface area contributed by atoms with Crippen molar-refractivity contribution in [1.82, 2.24) is 0 Å². The Morgan fingerprint density at radius 3 is 1.88 bits per heavy atom. The number of nitrogens with one attached hydrogen (secondary N) is 1. The fraction of sp³-hybridized carbons (Fsp3) is 0.185. The first-order chi connectivity index (χ1) is 16.4. The molecule has 0 unspecified atom stereocenters. The Morgan fingerprint density at radius 2 is 1.32 bits per heavy atom. The van der Waals surface area contributed by atoms with Crippen molar-refractivity contribution < 1.29 is 23.8 Å². The zero-order chi connectivity index (χ0) is 24.4. The lowest BCUT2D eigenvalue weighted by Gasteiger charge is -2.16. The molecule has 0 atom stereocenters. The van der Waals surface area contributed by atoms with Crippen molar-refractivity contribution in [2.24, 2.45) is 0 Å². The number of imide groups is 1. The van der Waals surface area contributed by atoms with Crippen LogP contribution in [-0.4, -0.2) is 33.1 Å². The van der Waals surface area contributed by atoms with Crippen LogP contribution in [0.4, 0.5) is 11.4 Å². The molecule has 174 valence electrons. The Morgan fingerprint density at radius 1 is 0.706 bits per heavy atom. The maximum Gasteiger partial charge on any atom is 0.282 e. The van der Waals surface area contributed by atoms with Crippen molar-refractivity contribution in [3.63, 3.8) is 0 Å². The zero-order valence-electron chi connectivity index (χ0n) is 19.8. The van der Waals surface area contributed by atoms with E-state index in [4.69, 9.17) is 14.2 Å². The summed E-state index contributed by atoms with van der Waals surface area (Å²) in [5.41, 5.74) is 4.16. The minimum atomic E-state index is -0.452. The maximum absolute atomic E-state index is 13.7. The minimum absolute atomic E-state index is 0.183. The highest BCUT2D eigenvalue weighted by molar-refractivity contribution is 6.46. The number of anilines is 2. The highest BCUT2D eigenvalue weighted by Gasteiger charge is 2.40. The first-order valence-corrected chi connectivity index (χ1v) is 10.7. The van der Waals surface area contributed by atoms with Crippen LogP contribution in [0.25, 0.3) is 5.57 Å². The van der Waals surface area contributed by atoms with Gasteiger partial charge in [0.15, 0.2) is 0 Å². The summed E-state index contributed by atoms with van der Waals surface area (Å²) in [6, 6.07) is 17.8. The normalized spacial score (nSPS) is 13.4. The molecule has 3 aromatic carbocycles. The molecule has 0 fully saturated rings. The van der Waals surface area contributed by atoms with E-state index in [2.05, 4.69) is 5.32 Å². The van der Waals surface area contributed by atoms with Gasteiger partial charge >= 0.3 is 0 Å². The fourth-order valence-corrected chi connectivity index (χ4v) is 3.98. The Bertz CT molecular complexity index is 1270. The fourth-order valence-electron chi connectivity index (χ4n) is 3.98. The van der Waals surface area contributed by atoms with Crippen LogP contribution in [-0.2, 0) is 9.59 Å². The third-order valence-electron chi connectivity index (χ3n) is 5.69. The van der Waals surface area contributed by atoms with Crippen molar-refractivity contribution in [2.45, 2.75) is 13.8 Å². The van der Waals surface area contributed by atoms with Gasteiger partial charge in [-0.15, -0.1) is 0 Å². The van der Waals surface area contributed by atoms with Gasteiger partial charge in [-0.3, -0.25) is 9.59 Å². The van der Waals surface area contributed by atoms with E-state index in [1.54, 1.807) is 63.8 Å². The van der Waals surface area contributed by atoms with Crippen molar-refractivity contribution in [3.8, 4) is 17.2 Å². The molecule has 0 radical (unpaired) electrons. The molecule has 0 spiro atoms. The largest absolute Gasteiger partial charge is 0.497 e. The lowest BCUT2D eigenvalue weighted by molar-refractivity contribution is -0.120. The van der Waals surface area contributed by atoms with Gasteiger partial charge in [-0.05, 0) is 49.2 Å². The van der Waals surface area contributed by atoms with Gasteiger partial charge in [-0.25, -0.2) is 4.90 Å². The van der Waals surface area contributed by atoms with E-state index in [0.29, 0.717) is 39.8 Å². The summed E-state index contributed by atoms with van der Waals surface area (Å²) in [4.78, 5) is 28.5. The molecule has 3 aromatic rings. The van der Waals surface area contributed by atoms with E-state index in [1.807, 2.05) is 32.0 Å². The van der Waals surface area contributed by atoms with E-state index in [0.717, 1.165) is 11.1 Å². The number of ether oxygens (including phenoxy) is 3. The number of hydrogen-bond acceptors (Lipinski definition) is 6. The molecule has 0 aliphatic carbocycles. The monoisotopic (exact) mass is 458 g/mol. The Balaban J connectivity index is 1.84. The Hall–Kier alpha value is -4.26. The van der Waals surface area contributed by atoms with Crippen molar-refractivity contribution in [2.75, 3.05) is 31.5 Å². The molecular formula is C27H26N2O5. The summed E-state index contributed by atoms with van der Waals surface area (Å²) in [5.74, 6) is 0.886. The molecule has 0 saturated carbocycles. The van der Waals surface area contributed by atoms with Gasteiger partial charge < -0.3 is 19.5 Å². The molecule has 4 rings (SSSR count). The second kappa shape index (κ2) is 9.31. The minimum Gasteiger partial charge on any atom is -0.497 e. The van der Waals surface area contributed by atoms with Crippen LogP contribution in [0.1, 0.15) is 16.7 Å². The molecule has 7 heteroatoms. The molecule has 1 aliphatic heterocycles. The molecular weight excluding hydrogens is 432 g/mol. The van der Waals surface area contributed by atoms with E-state index in [-0.39, 0.29) is 5.70 Å². The number of carbonyl (C=O) groups excluding carboxylic acids is 2. The summed E-state index contributed by atoms with van der Waals surface area (Å²) >= 11 is 0. The van der Waals surface area contributed by atoms with Crippen LogP contribution in [0.5, 0.6) is 17.2 Å². The topological polar surface area (TPSA) is 77.1 Å². The summed E-state index contributed by atoms with van der Waals surface area (Å²) in [5, 5.41) is 3.17. The van der Waals surface area contributed by atoms with Gasteiger partial charge in [-0.1, -0.05) is 23.8 Å².